The van der Waals surface area contributed by atoms with E-state index in [0.717, 1.165) is 6.42 Å². The molecule has 0 aliphatic carbocycles. The van der Waals surface area contributed by atoms with Crippen LogP contribution in [-0.2, 0) is 11.2 Å². The lowest BCUT2D eigenvalue weighted by molar-refractivity contribution is -0.141. The highest BCUT2D eigenvalue weighted by molar-refractivity contribution is 6.32. The Kier molecular flexibility index (Phi) is 5.03. The first-order valence-electron chi connectivity index (χ1n) is 8.27. The Morgan fingerprint density at radius 1 is 1.36 bits per heavy atom. The number of nitrogens with zero attached hydrogens (tertiary/aromatic N) is 4. The van der Waals surface area contributed by atoms with Gasteiger partial charge in [-0.05, 0) is 31.4 Å². The molecule has 1 saturated heterocycles. The molecule has 1 N–H and O–H groups in total. The number of carboxylic acids is 1. The Balaban J connectivity index is 1.98. The van der Waals surface area contributed by atoms with E-state index in [1.807, 2.05) is 19.1 Å². The molecule has 1 aliphatic rings. The van der Waals surface area contributed by atoms with Gasteiger partial charge in [-0.2, -0.15) is 0 Å². The molecule has 0 radical (unpaired) electrons. The summed E-state index contributed by atoms with van der Waals surface area (Å²) in [7, 11) is 0. The van der Waals surface area contributed by atoms with Crippen LogP contribution in [-0.4, -0.2) is 49.2 Å². The minimum Gasteiger partial charge on any atom is -0.480 e. The maximum Gasteiger partial charge on any atom is 0.326 e. The predicted octanol–water partition coefficient (Wildman–Crippen LogP) is 2.56. The van der Waals surface area contributed by atoms with Gasteiger partial charge in [-0.15, -0.1) is 5.10 Å². The summed E-state index contributed by atoms with van der Waals surface area (Å²) >= 11 is 6.25. The van der Waals surface area contributed by atoms with Crippen molar-refractivity contribution in [2.24, 2.45) is 0 Å². The van der Waals surface area contributed by atoms with Crippen LogP contribution in [0.25, 0.3) is 5.69 Å². The van der Waals surface area contributed by atoms with E-state index in [2.05, 4.69) is 10.1 Å². The highest BCUT2D eigenvalue weighted by Gasteiger charge is 2.36. The molecule has 1 aliphatic heterocycles. The van der Waals surface area contributed by atoms with Crippen LogP contribution < -0.4 is 0 Å². The number of carboxylic acid groups (broad SMARTS) is 1. The highest BCUT2D eigenvalue weighted by Crippen LogP contribution is 2.23. The van der Waals surface area contributed by atoms with Crippen LogP contribution in [0.2, 0.25) is 5.02 Å². The molecule has 0 bridgehead atoms. The molecule has 1 unspecified atom stereocenters. The standard InChI is InChI=1S/C17H19ClN4O3/c1-2-6-14-19-15(16(23)21-10-5-9-13(21)17(24)25)20-22(14)12-8-4-3-7-11(12)18/h3-4,7-8,13H,2,5-6,9-10H2,1H3,(H,24,25). The van der Waals surface area contributed by atoms with Gasteiger partial charge in [0.2, 0.25) is 5.82 Å². The molecule has 3 rings (SSSR count). The van der Waals surface area contributed by atoms with Crippen molar-refractivity contribution in [1.82, 2.24) is 19.7 Å². The number of aromatic nitrogens is 3. The molecule has 2 heterocycles. The molecule has 7 nitrogen and oxygen atoms in total. The van der Waals surface area contributed by atoms with E-state index in [0.29, 0.717) is 42.3 Å². The van der Waals surface area contributed by atoms with Gasteiger partial charge >= 0.3 is 5.97 Å². The average Bonchev–Trinajstić information content (AvgIpc) is 3.22. The van der Waals surface area contributed by atoms with Gasteiger partial charge in [0.1, 0.15) is 11.9 Å². The summed E-state index contributed by atoms with van der Waals surface area (Å²) in [5.74, 6) is -0.806. The molecule has 0 spiro atoms. The van der Waals surface area contributed by atoms with E-state index < -0.39 is 17.9 Å². The first-order chi connectivity index (χ1) is 12.0. The first-order valence-corrected chi connectivity index (χ1v) is 8.65. The Bertz CT molecular complexity index is 805. The molecule has 1 aromatic heterocycles. The lowest BCUT2D eigenvalue weighted by atomic mass is 10.2. The maximum absolute atomic E-state index is 12.7. The molecule has 132 valence electrons. The van der Waals surface area contributed by atoms with E-state index in [9.17, 15) is 14.7 Å². The zero-order chi connectivity index (χ0) is 18.0. The minimum atomic E-state index is -0.995. The minimum absolute atomic E-state index is 0.0107. The quantitative estimate of drug-likeness (QED) is 0.883. The number of aryl methyl sites for hydroxylation is 1. The van der Waals surface area contributed by atoms with Gasteiger partial charge in [-0.3, -0.25) is 4.79 Å². The normalized spacial score (nSPS) is 17.0. The lowest BCUT2D eigenvalue weighted by Crippen LogP contribution is -2.40. The summed E-state index contributed by atoms with van der Waals surface area (Å²) in [5.41, 5.74) is 0.648. The van der Waals surface area contributed by atoms with Gasteiger partial charge in [-0.1, -0.05) is 30.7 Å². The fourth-order valence-electron chi connectivity index (χ4n) is 3.03. The Hall–Kier alpha value is -2.41. The van der Waals surface area contributed by atoms with E-state index in [1.54, 1.807) is 16.8 Å². The van der Waals surface area contributed by atoms with Crippen molar-refractivity contribution in [2.45, 2.75) is 38.6 Å². The fourth-order valence-corrected chi connectivity index (χ4v) is 3.25. The molecule has 2 aromatic rings. The van der Waals surface area contributed by atoms with Gasteiger partial charge in [0.05, 0.1) is 10.7 Å². The van der Waals surface area contributed by atoms with Crippen molar-refractivity contribution in [1.29, 1.82) is 0 Å². The molecular weight excluding hydrogens is 344 g/mol. The molecule has 1 atom stereocenters. The molecule has 1 aromatic carbocycles. The second-order valence-electron chi connectivity index (χ2n) is 5.96. The maximum atomic E-state index is 12.7. The monoisotopic (exact) mass is 362 g/mol. The van der Waals surface area contributed by atoms with Gasteiger partial charge in [0, 0.05) is 13.0 Å². The van der Waals surface area contributed by atoms with Crippen molar-refractivity contribution < 1.29 is 14.7 Å². The average molecular weight is 363 g/mol. The third-order valence-corrected chi connectivity index (χ3v) is 4.54. The second-order valence-corrected chi connectivity index (χ2v) is 6.37. The molecule has 25 heavy (non-hydrogen) atoms. The van der Waals surface area contributed by atoms with Crippen LogP contribution in [0.3, 0.4) is 0 Å². The molecule has 1 amide bonds. The number of carbonyl (C=O) groups is 2. The summed E-state index contributed by atoms with van der Waals surface area (Å²) in [6, 6.07) is 6.39. The van der Waals surface area contributed by atoms with Gasteiger partial charge in [-0.25, -0.2) is 14.5 Å². The van der Waals surface area contributed by atoms with Crippen LogP contribution in [0.15, 0.2) is 24.3 Å². The van der Waals surface area contributed by atoms with E-state index in [1.165, 1.54) is 4.90 Å². The SMILES string of the molecule is CCCc1nc(C(=O)N2CCCC2C(=O)O)nn1-c1ccccc1Cl. The summed E-state index contributed by atoms with van der Waals surface area (Å²) in [4.78, 5) is 29.8. The number of carbonyl (C=O) groups excluding carboxylic acids is 1. The number of amides is 1. The predicted molar refractivity (Wildman–Crippen MR) is 92.1 cm³/mol. The van der Waals surface area contributed by atoms with Crippen molar-refractivity contribution in [3.8, 4) is 5.69 Å². The molecule has 1 fully saturated rings. The largest absolute Gasteiger partial charge is 0.480 e. The van der Waals surface area contributed by atoms with Gasteiger partial charge in [0.25, 0.3) is 5.91 Å². The van der Waals surface area contributed by atoms with Crippen molar-refractivity contribution >= 4 is 23.5 Å². The molecule has 8 heteroatoms. The van der Waals surface area contributed by atoms with Crippen LogP contribution in [0.4, 0.5) is 0 Å². The van der Waals surface area contributed by atoms with Crippen LogP contribution in [0.5, 0.6) is 0 Å². The number of halogens is 1. The van der Waals surface area contributed by atoms with Crippen molar-refractivity contribution in [2.75, 3.05) is 6.54 Å². The van der Waals surface area contributed by atoms with Crippen molar-refractivity contribution in [3.63, 3.8) is 0 Å². The van der Waals surface area contributed by atoms with Crippen molar-refractivity contribution in [3.05, 3.63) is 40.9 Å². The Morgan fingerprint density at radius 2 is 2.12 bits per heavy atom. The number of rotatable bonds is 5. The third kappa shape index (κ3) is 3.37. The van der Waals surface area contributed by atoms with Crippen LogP contribution >= 0.6 is 11.6 Å². The fraction of sp³-hybridized carbons (Fsp3) is 0.412. The van der Waals surface area contributed by atoms with E-state index in [4.69, 9.17) is 11.6 Å². The topological polar surface area (TPSA) is 88.3 Å². The highest BCUT2D eigenvalue weighted by atomic mass is 35.5. The van der Waals surface area contributed by atoms with Crippen LogP contribution in [0, 0.1) is 0 Å². The van der Waals surface area contributed by atoms with Crippen LogP contribution in [0.1, 0.15) is 42.6 Å². The number of hydrogen-bond acceptors (Lipinski definition) is 4. The second kappa shape index (κ2) is 7.23. The number of aliphatic carboxylic acids is 1. The molecule has 0 saturated carbocycles. The summed E-state index contributed by atoms with van der Waals surface area (Å²) in [6.45, 7) is 2.41. The zero-order valence-electron chi connectivity index (χ0n) is 13.9. The smallest absolute Gasteiger partial charge is 0.326 e. The Labute approximate surface area is 150 Å². The number of hydrogen-bond donors (Lipinski definition) is 1. The zero-order valence-corrected chi connectivity index (χ0v) is 14.6. The van der Waals surface area contributed by atoms with E-state index in [-0.39, 0.29) is 5.82 Å². The summed E-state index contributed by atoms with van der Waals surface area (Å²) in [6.07, 6.45) is 2.58. The number of benzene rings is 1. The van der Waals surface area contributed by atoms with Gasteiger partial charge < -0.3 is 10.0 Å². The first kappa shape index (κ1) is 17.4. The van der Waals surface area contributed by atoms with E-state index >= 15 is 0 Å². The number of likely N-dealkylation sites (tertiary alicyclic amines) is 1. The van der Waals surface area contributed by atoms with Gasteiger partial charge in [0.15, 0.2) is 0 Å². The Morgan fingerprint density at radius 3 is 2.80 bits per heavy atom. The molecular formula is C17H19ClN4O3. The lowest BCUT2D eigenvalue weighted by Gasteiger charge is -2.19. The summed E-state index contributed by atoms with van der Waals surface area (Å²) < 4.78 is 1.57. The summed E-state index contributed by atoms with van der Waals surface area (Å²) in [5, 5.41) is 14.1. The number of para-hydroxylation sites is 1. The third-order valence-electron chi connectivity index (χ3n) is 4.22.